The summed E-state index contributed by atoms with van der Waals surface area (Å²) >= 11 is 3.53. The second-order valence-corrected chi connectivity index (χ2v) is 8.79. The quantitative estimate of drug-likeness (QED) is 0.549. The Bertz CT molecular complexity index is 1060. The molecule has 10 heteroatoms. The van der Waals surface area contributed by atoms with E-state index >= 15 is 0 Å². The Hall–Kier alpha value is -2.07. The lowest BCUT2D eigenvalue weighted by Gasteiger charge is -2.37. The molecule has 0 bridgehead atoms. The van der Waals surface area contributed by atoms with Crippen molar-refractivity contribution in [1.29, 1.82) is 0 Å². The average Bonchev–Trinajstić information content (AvgIpc) is 3.34. The molecule has 0 unspecified atom stereocenters. The molecule has 1 N–H and O–H groups in total. The van der Waals surface area contributed by atoms with Crippen molar-refractivity contribution in [3.05, 3.63) is 39.8 Å². The molecule has 1 aromatic carbocycles. The van der Waals surface area contributed by atoms with Crippen molar-refractivity contribution in [3.8, 4) is 0 Å². The van der Waals surface area contributed by atoms with Crippen LogP contribution in [0.4, 0.5) is 19.2 Å². The molecular weight excluding hydrogens is 465 g/mol. The number of benzene rings is 1. The highest BCUT2D eigenvalue weighted by atomic mass is 79.9. The number of hydrogen-bond donors (Lipinski definition) is 1. The van der Waals surface area contributed by atoms with E-state index in [0.29, 0.717) is 25.5 Å². The van der Waals surface area contributed by atoms with Gasteiger partial charge in [-0.2, -0.15) is 13.2 Å². The van der Waals surface area contributed by atoms with Crippen LogP contribution in [0.2, 0.25) is 0 Å². The van der Waals surface area contributed by atoms with E-state index in [1.165, 1.54) is 5.56 Å². The van der Waals surface area contributed by atoms with Crippen LogP contribution in [0, 0.1) is 5.92 Å². The lowest BCUT2D eigenvalue weighted by Crippen LogP contribution is -2.37. The Balaban J connectivity index is 1.55. The molecule has 1 fully saturated rings. The first-order chi connectivity index (χ1) is 14.4. The van der Waals surface area contributed by atoms with Gasteiger partial charge in [0.1, 0.15) is 0 Å². The van der Waals surface area contributed by atoms with E-state index < -0.39 is 12.1 Å². The van der Waals surface area contributed by atoms with Crippen molar-refractivity contribution < 1.29 is 22.3 Å². The van der Waals surface area contributed by atoms with E-state index in [1.54, 1.807) is 0 Å². The Labute approximate surface area is 178 Å². The number of aromatic nitrogens is 3. The van der Waals surface area contributed by atoms with E-state index in [4.69, 9.17) is 9.15 Å². The smallest absolute Gasteiger partial charge is 0.399 e. The average molecular weight is 485 g/mol. The number of H-pyrrole nitrogens is 1. The Kier molecular flexibility index (Phi) is 5.01. The minimum Gasteiger partial charge on any atom is -0.399 e. The zero-order valence-corrected chi connectivity index (χ0v) is 17.6. The summed E-state index contributed by atoms with van der Waals surface area (Å²) in [6, 6.07) is 5.79. The number of fused-ring (bicyclic) bond motifs is 3. The SMILES string of the molecule is FC(F)(F)c1nnc(N2CCc3c([nH]c4ccc(Br)cc34)[C@H]2C[C@@H]2CCCOC2)o1. The minimum atomic E-state index is -4.66. The number of alkyl halides is 3. The fourth-order valence-corrected chi connectivity index (χ4v) is 4.93. The summed E-state index contributed by atoms with van der Waals surface area (Å²) in [4.78, 5) is 5.31. The largest absolute Gasteiger partial charge is 0.470 e. The molecule has 2 aromatic heterocycles. The number of nitrogens with zero attached hydrogens (tertiary/aromatic N) is 3. The number of anilines is 1. The van der Waals surface area contributed by atoms with Gasteiger partial charge in [-0.3, -0.25) is 0 Å². The van der Waals surface area contributed by atoms with Crippen LogP contribution in [0.25, 0.3) is 10.9 Å². The van der Waals surface area contributed by atoms with Crippen LogP contribution in [-0.4, -0.2) is 34.9 Å². The van der Waals surface area contributed by atoms with E-state index in [-0.39, 0.29) is 12.1 Å². The molecule has 2 atom stereocenters. The van der Waals surface area contributed by atoms with Gasteiger partial charge >= 0.3 is 18.1 Å². The van der Waals surface area contributed by atoms with Crippen molar-refractivity contribution in [2.24, 2.45) is 5.92 Å². The van der Waals surface area contributed by atoms with Crippen LogP contribution in [0.1, 0.15) is 42.5 Å². The van der Waals surface area contributed by atoms with Crippen LogP contribution >= 0.6 is 15.9 Å². The molecule has 2 aliphatic rings. The van der Waals surface area contributed by atoms with E-state index in [2.05, 4.69) is 37.2 Å². The summed E-state index contributed by atoms with van der Waals surface area (Å²) in [5.41, 5.74) is 3.21. The van der Waals surface area contributed by atoms with Gasteiger partial charge in [-0.1, -0.05) is 21.0 Å². The third-order valence-corrected chi connectivity index (χ3v) is 6.42. The normalized spacial score (nSPS) is 22.5. The molecule has 5 rings (SSSR count). The van der Waals surface area contributed by atoms with E-state index in [9.17, 15) is 13.2 Å². The van der Waals surface area contributed by atoms with Gasteiger partial charge in [-0.15, -0.1) is 5.10 Å². The molecule has 0 amide bonds. The predicted molar refractivity (Wildman–Crippen MR) is 107 cm³/mol. The topological polar surface area (TPSA) is 67.2 Å². The Morgan fingerprint density at radius 3 is 2.87 bits per heavy atom. The van der Waals surface area contributed by atoms with Crippen LogP contribution in [-0.2, 0) is 17.3 Å². The summed E-state index contributed by atoms with van der Waals surface area (Å²) in [6.45, 7) is 1.92. The van der Waals surface area contributed by atoms with Crippen LogP contribution in [0.15, 0.2) is 27.1 Å². The molecule has 2 aliphatic heterocycles. The third-order valence-electron chi connectivity index (χ3n) is 5.93. The zero-order chi connectivity index (χ0) is 20.9. The van der Waals surface area contributed by atoms with Crippen molar-refractivity contribution in [2.75, 3.05) is 24.7 Å². The number of aromatic amines is 1. The van der Waals surface area contributed by atoms with Crippen molar-refractivity contribution >= 4 is 32.8 Å². The zero-order valence-electron chi connectivity index (χ0n) is 16.0. The second kappa shape index (κ2) is 7.56. The highest BCUT2D eigenvalue weighted by Crippen LogP contribution is 2.42. The molecular formula is C20H20BrF3N4O2. The lowest BCUT2D eigenvalue weighted by atomic mass is 9.88. The highest BCUT2D eigenvalue weighted by Gasteiger charge is 2.41. The maximum Gasteiger partial charge on any atom is 0.470 e. The first kappa shape index (κ1) is 19.9. The fraction of sp³-hybridized carbons (Fsp3) is 0.500. The van der Waals surface area contributed by atoms with Gasteiger partial charge in [0.05, 0.1) is 6.04 Å². The molecule has 6 nitrogen and oxygen atoms in total. The molecule has 0 radical (unpaired) electrons. The summed E-state index contributed by atoms with van der Waals surface area (Å²) in [5, 5.41) is 8.09. The standard InChI is InChI=1S/C20H20BrF3N4O2/c21-12-3-4-15-14(9-12)13-5-6-28(19-27-26-18(30-19)20(22,23)24)16(17(13)25-15)8-11-2-1-7-29-10-11/h3-4,9,11,16,25H,1-2,5-8,10H2/t11-,16+/m0/s1. The summed E-state index contributed by atoms with van der Waals surface area (Å²) in [5.74, 6) is -0.996. The highest BCUT2D eigenvalue weighted by molar-refractivity contribution is 9.10. The van der Waals surface area contributed by atoms with Crippen molar-refractivity contribution in [3.63, 3.8) is 0 Å². The number of hydrogen-bond acceptors (Lipinski definition) is 5. The summed E-state index contributed by atoms with van der Waals surface area (Å²) in [6.07, 6.45) is -1.23. The number of halogens is 4. The summed E-state index contributed by atoms with van der Waals surface area (Å²) in [7, 11) is 0. The molecule has 160 valence electrons. The lowest BCUT2D eigenvalue weighted by molar-refractivity contribution is -0.157. The van der Waals surface area contributed by atoms with Gasteiger partial charge in [0.2, 0.25) is 0 Å². The van der Waals surface area contributed by atoms with E-state index in [0.717, 1.165) is 46.9 Å². The monoisotopic (exact) mass is 484 g/mol. The van der Waals surface area contributed by atoms with E-state index in [1.807, 2.05) is 17.0 Å². The van der Waals surface area contributed by atoms with Crippen LogP contribution < -0.4 is 4.90 Å². The van der Waals surface area contributed by atoms with Gasteiger partial charge < -0.3 is 19.0 Å². The van der Waals surface area contributed by atoms with Crippen molar-refractivity contribution in [1.82, 2.24) is 15.2 Å². The molecule has 1 saturated heterocycles. The molecule has 0 spiro atoms. The predicted octanol–water partition coefficient (Wildman–Crippen LogP) is 5.25. The van der Waals surface area contributed by atoms with Gasteiger partial charge in [-0.25, -0.2) is 0 Å². The number of ether oxygens (including phenoxy) is 1. The van der Waals surface area contributed by atoms with Gasteiger partial charge in [-0.05, 0) is 55.4 Å². The number of rotatable bonds is 3. The van der Waals surface area contributed by atoms with Gasteiger partial charge in [0, 0.05) is 40.8 Å². The first-order valence-corrected chi connectivity index (χ1v) is 10.7. The third kappa shape index (κ3) is 3.60. The van der Waals surface area contributed by atoms with Gasteiger partial charge in [0.15, 0.2) is 0 Å². The van der Waals surface area contributed by atoms with Crippen molar-refractivity contribution in [2.45, 2.75) is 37.9 Å². The molecule has 3 aromatic rings. The molecule has 4 heterocycles. The number of nitrogens with one attached hydrogen (secondary N) is 1. The molecule has 0 saturated carbocycles. The fourth-order valence-electron chi connectivity index (χ4n) is 4.57. The minimum absolute atomic E-state index is 0.0884. The maximum absolute atomic E-state index is 13.0. The van der Waals surface area contributed by atoms with Crippen LogP contribution in [0.5, 0.6) is 0 Å². The Morgan fingerprint density at radius 2 is 2.13 bits per heavy atom. The second-order valence-electron chi connectivity index (χ2n) is 7.87. The molecule has 0 aliphatic carbocycles. The molecule has 30 heavy (non-hydrogen) atoms. The Morgan fingerprint density at radius 1 is 1.27 bits per heavy atom. The summed E-state index contributed by atoms with van der Waals surface area (Å²) < 4.78 is 50.7. The van der Waals surface area contributed by atoms with Crippen LogP contribution in [0.3, 0.4) is 0 Å². The maximum atomic E-state index is 13.0. The van der Waals surface area contributed by atoms with Gasteiger partial charge in [0.25, 0.3) is 0 Å². The first-order valence-electron chi connectivity index (χ1n) is 9.95.